The van der Waals surface area contributed by atoms with E-state index in [0.29, 0.717) is 24.6 Å². The van der Waals surface area contributed by atoms with Crippen LogP contribution in [0.3, 0.4) is 0 Å². The Labute approximate surface area is 233 Å². The first kappa shape index (κ1) is 29.4. The van der Waals surface area contributed by atoms with Crippen molar-refractivity contribution in [2.45, 2.75) is 12.7 Å². The highest BCUT2D eigenvalue weighted by atomic mass is 19.4. The van der Waals surface area contributed by atoms with Crippen LogP contribution in [0.5, 0.6) is 0 Å². The van der Waals surface area contributed by atoms with Crippen LogP contribution in [-0.2, 0) is 17.5 Å². The molecule has 0 bridgehead atoms. The van der Waals surface area contributed by atoms with Crippen LogP contribution >= 0.6 is 0 Å². The van der Waals surface area contributed by atoms with Gasteiger partial charge in [0, 0.05) is 50.7 Å². The van der Waals surface area contributed by atoms with Gasteiger partial charge in [0.05, 0.1) is 30.0 Å². The number of aromatic amines is 1. The zero-order chi connectivity index (χ0) is 29.6. The Bertz CT molecular complexity index is 1510. The standard InChI is InChI=1S/C28H27F4N7O2/c1-38-9-11-39(12-10-38)17-19-4-5-21(14-23(19)28(30,31)32)37-27(40)20-13-18(26(29)35-15-20)3-6-22-16-34-25(36-22)8-7-24(33)41-2/h4-5,7-8,13-16,33H,9-12,17H2,1-2H3,(H,34,36)(H,37,40)/b8-7-,33-24?. The second-order valence-corrected chi connectivity index (χ2v) is 9.30. The van der Waals surface area contributed by atoms with Gasteiger partial charge in [-0.05, 0) is 42.8 Å². The first-order valence-electron chi connectivity index (χ1n) is 12.5. The maximum absolute atomic E-state index is 14.3. The number of pyridine rings is 1. The van der Waals surface area contributed by atoms with Crippen LogP contribution in [0.15, 0.2) is 42.7 Å². The van der Waals surface area contributed by atoms with Gasteiger partial charge in [0.25, 0.3) is 5.91 Å². The van der Waals surface area contributed by atoms with Crippen molar-refractivity contribution in [1.82, 2.24) is 24.8 Å². The molecule has 214 valence electrons. The van der Waals surface area contributed by atoms with E-state index in [-0.39, 0.29) is 34.8 Å². The number of nitrogens with one attached hydrogen (secondary N) is 3. The molecule has 0 radical (unpaired) electrons. The molecule has 1 aliphatic rings. The number of ether oxygens (including phenoxy) is 1. The van der Waals surface area contributed by atoms with Crippen LogP contribution in [0.2, 0.25) is 0 Å². The Kier molecular flexibility index (Phi) is 9.16. The number of anilines is 1. The Morgan fingerprint density at radius 1 is 1.17 bits per heavy atom. The fourth-order valence-electron chi connectivity index (χ4n) is 4.01. The molecule has 0 atom stereocenters. The number of H-pyrrole nitrogens is 1. The summed E-state index contributed by atoms with van der Waals surface area (Å²) in [5.41, 5.74) is -0.706. The van der Waals surface area contributed by atoms with Gasteiger partial charge in [-0.25, -0.2) is 9.97 Å². The molecule has 0 spiro atoms. The van der Waals surface area contributed by atoms with Gasteiger partial charge < -0.3 is 19.9 Å². The number of hydrogen-bond acceptors (Lipinski definition) is 7. The van der Waals surface area contributed by atoms with Crippen LogP contribution in [0.4, 0.5) is 23.2 Å². The van der Waals surface area contributed by atoms with Gasteiger partial charge >= 0.3 is 6.18 Å². The molecular formula is C28H27F4N7O2. The van der Waals surface area contributed by atoms with E-state index in [1.807, 2.05) is 11.9 Å². The highest BCUT2D eigenvalue weighted by molar-refractivity contribution is 6.04. The molecule has 1 fully saturated rings. The lowest BCUT2D eigenvalue weighted by atomic mass is 10.0. The first-order chi connectivity index (χ1) is 19.5. The Balaban J connectivity index is 1.49. The number of hydrogen-bond donors (Lipinski definition) is 3. The summed E-state index contributed by atoms with van der Waals surface area (Å²) in [7, 11) is 3.32. The first-order valence-corrected chi connectivity index (χ1v) is 12.5. The topological polar surface area (TPSA) is 110 Å². The number of halogens is 4. The van der Waals surface area contributed by atoms with E-state index in [4.69, 9.17) is 10.1 Å². The summed E-state index contributed by atoms with van der Waals surface area (Å²) < 4.78 is 60.7. The second kappa shape index (κ2) is 12.8. The molecule has 41 heavy (non-hydrogen) atoms. The van der Waals surface area contributed by atoms with Crippen molar-refractivity contribution >= 4 is 23.6 Å². The summed E-state index contributed by atoms with van der Waals surface area (Å²) in [6, 6.07) is 4.84. The quantitative estimate of drug-likeness (QED) is 0.136. The van der Waals surface area contributed by atoms with Gasteiger partial charge in [0.15, 0.2) is 0 Å². The molecule has 9 nitrogen and oxygen atoms in total. The Morgan fingerprint density at radius 3 is 2.63 bits per heavy atom. The van der Waals surface area contributed by atoms with Crippen molar-refractivity contribution in [2.24, 2.45) is 0 Å². The van der Waals surface area contributed by atoms with Crippen molar-refractivity contribution in [1.29, 1.82) is 5.41 Å². The van der Waals surface area contributed by atoms with E-state index in [1.54, 1.807) is 0 Å². The third-order valence-electron chi connectivity index (χ3n) is 6.30. The number of aromatic nitrogens is 3. The number of amides is 1. The molecule has 1 aromatic carbocycles. The van der Waals surface area contributed by atoms with Gasteiger partial charge in [0.2, 0.25) is 11.8 Å². The second-order valence-electron chi connectivity index (χ2n) is 9.30. The molecule has 3 aromatic rings. The Morgan fingerprint density at radius 2 is 1.93 bits per heavy atom. The molecule has 1 aliphatic heterocycles. The van der Waals surface area contributed by atoms with Gasteiger partial charge in [-0.2, -0.15) is 17.6 Å². The minimum absolute atomic E-state index is 0.0546. The molecule has 0 unspecified atom stereocenters. The van der Waals surface area contributed by atoms with Gasteiger partial charge in [-0.15, -0.1) is 0 Å². The minimum atomic E-state index is -4.61. The van der Waals surface area contributed by atoms with Gasteiger partial charge in [0.1, 0.15) is 11.5 Å². The number of benzene rings is 1. The predicted molar refractivity (Wildman–Crippen MR) is 145 cm³/mol. The van der Waals surface area contributed by atoms with Crippen molar-refractivity contribution < 1.29 is 27.1 Å². The summed E-state index contributed by atoms with van der Waals surface area (Å²) >= 11 is 0. The van der Waals surface area contributed by atoms with E-state index in [0.717, 1.165) is 31.4 Å². The lowest BCUT2D eigenvalue weighted by Gasteiger charge is -2.33. The number of imidazole rings is 1. The summed E-state index contributed by atoms with van der Waals surface area (Å²) in [4.78, 5) is 27.4. The largest absolute Gasteiger partial charge is 0.481 e. The van der Waals surface area contributed by atoms with Crippen molar-refractivity contribution in [3.05, 3.63) is 82.5 Å². The van der Waals surface area contributed by atoms with Crippen molar-refractivity contribution in [3.63, 3.8) is 0 Å². The molecular weight excluding hydrogens is 542 g/mol. The number of likely N-dealkylation sites (N-methyl/N-ethyl adjacent to an activating group) is 1. The molecule has 1 amide bonds. The highest BCUT2D eigenvalue weighted by Crippen LogP contribution is 2.34. The van der Waals surface area contributed by atoms with E-state index >= 15 is 0 Å². The number of methoxy groups -OCH3 is 1. The summed E-state index contributed by atoms with van der Waals surface area (Å²) in [6.45, 7) is 3.01. The predicted octanol–water partition coefficient (Wildman–Crippen LogP) is 4.00. The summed E-state index contributed by atoms with van der Waals surface area (Å²) in [5.74, 6) is 3.86. The van der Waals surface area contributed by atoms with Crippen LogP contribution in [0.25, 0.3) is 6.08 Å². The van der Waals surface area contributed by atoms with Crippen LogP contribution in [0.1, 0.15) is 38.6 Å². The number of rotatable bonds is 6. The maximum Gasteiger partial charge on any atom is 0.416 e. The molecule has 0 saturated carbocycles. The van der Waals surface area contributed by atoms with Crippen LogP contribution in [0, 0.1) is 23.2 Å². The zero-order valence-corrected chi connectivity index (χ0v) is 22.3. The average molecular weight is 570 g/mol. The van der Waals surface area contributed by atoms with Gasteiger partial charge in [-0.1, -0.05) is 12.0 Å². The van der Waals surface area contributed by atoms with E-state index in [1.165, 1.54) is 37.6 Å². The molecule has 0 aliphatic carbocycles. The molecule has 4 rings (SSSR count). The molecule has 3 heterocycles. The Hall–Kier alpha value is -4.54. The molecule has 3 N–H and O–H groups in total. The van der Waals surface area contributed by atoms with Crippen LogP contribution < -0.4 is 5.32 Å². The highest BCUT2D eigenvalue weighted by Gasteiger charge is 2.34. The maximum atomic E-state index is 14.3. The molecule has 2 aromatic heterocycles. The van der Waals surface area contributed by atoms with E-state index in [2.05, 4.69) is 37.0 Å². The van der Waals surface area contributed by atoms with Crippen molar-refractivity contribution in [2.75, 3.05) is 45.7 Å². The summed E-state index contributed by atoms with van der Waals surface area (Å²) in [5, 5.41) is 9.86. The van der Waals surface area contributed by atoms with Crippen LogP contribution in [-0.4, -0.2) is 76.9 Å². The minimum Gasteiger partial charge on any atom is -0.481 e. The van der Waals surface area contributed by atoms with E-state index < -0.39 is 23.6 Å². The number of nitrogens with zero attached hydrogens (tertiary/aromatic N) is 4. The molecule has 13 heteroatoms. The fraction of sp³-hybridized carbons (Fsp3) is 0.286. The number of alkyl halides is 3. The third kappa shape index (κ3) is 8.00. The van der Waals surface area contributed by atoms with Gasteiger partial charge in [-0.3, -0.25) is 15.1 Å². The lowest BCUT2D eigenvalue weighted by molar-refractivity contribution is -0.138. The summed E-state index contributed by atoms with van der Waals surface area (Å²) in [6.07, 6.45) is 0.632. The average Bonchev–Trinajstić information content (AvgIpc) is 3.40. The van der Waals surface area contributed by atoms with Crippen molar-refractivity contribution in [3.8, 4) is 11.8 Å². The number of carbonyl (C=O) groups is 1. The SMILES string of the molecule is COC(=N)/C=C\c1ncc(C#Cc2cc(C(=O)Nc3ccc(CN4CCN(C)CC4)c(C(F)(F)F)c3)cnc2F)[nH]1. The smallest absolute Gasteiger partial charge is 0.416 e. The zero-order valence-electron chi connectivity index (χ0n) is 22.3. The number of carbonyl (C=O) groups excluding carboxylic acids is 1. The normalized spacial score (nSPS) is 14.5. The fourth-order valence-corrected chi connectivity index (χ4v) is 4.01. The lowest BCUT2D eigenvalue weighted by Crippen LogP contribution is -2.44. The van der Waals surface area contributed by atoms with E-state index in [9.17, 15) is 22.4 Å². The third-order valence-corrected chi connectivity index (χ3v) is 6.30. The number of piperazine rings is 1. The monoisotopic (exact) mass is 569 g/mol. The molecule has 1 saturated heterocycles.